The van der Waals surface area contributed by atoms with Crippen molar-refractivity contribution in [3.05, 3.63) is 23.3 Å². The Morgan fingerprint density at radius 2 is 1.72 bits per heavy atom. The van der Waals surface area contributed by atoms with Gasteiger partial charge in [0.1, 0.15) is 17.3 Å². The number of phenols is 2. The van der Waals surface area contributed by atoms with Crippen molar-refractivity contribution in [2.45, 2.75) is 77.4 Å². The minimum Gasteiger partial charge on any atom is -0.508 e. The van der Waals surface area contributed by atoms with E-state index in [1.54, 1.807) is 12.1 Å². The topological polar surface area (TPSA) is 76.0 Å². The number of ether oxygens (including phenoxy) is 2. The van der Waals surface area contributed by atoms with Gasteiger partial charge < -0.3 is 19.7 Å². The number of rotatable bonds is 7. The van der Waals surface area contributed by atoms with Crippen LogP contribution in [0.5, 0.6) is 11.5 Å². The van der Waals surface area contributed by atoms with Gasteiger partial charge in [0, 0.05) is 35.8 Å². The van der Waals surface area contributed by atoms with E-state index in [4.69, 9.17) is 9.47 Å². The summed E-state index contributed by atoms with van der Waals surface area (Å²) in [6.45, 7) is 7.44. The molecule has 4 aliphatic rings. The molecule has 3 atom stereocenters. The molecule has 3 aliphatic carbocycles. The summed E-state index contributed by atoms with van der Waals surface area (Å²) in [4.78, 5) is 12.5. The molecule has 29 heavy (non-hydrogen) atoms. The van der Waals surface area contributed by atoms with Crippen LogP contribution in [0.25, 0.3) is 0 Å². The van der Waals surface area contributed by atoms with Crippen molar-refractivity contribution in [3.63, 3.8) is 0 Å². The number of aromatic hydroxyl groups is 2. The lowest BCUT2D eigenvalue weighted by Crippen LogP contribution is -2.56. The second kappa shape index (κ2) is 7.59. The highest BCUT2D eigenvalue weighted by molar-refractivity contribution is 5.86. The Morgan fingerprint density at radius 1 is 1.07 bits per heavy atom. The molecule has 3 saturated carbocycles. The Bertz CT molecular complexity index is 754. The van der Waals surface area contributed by atoms with Gasteiger partial charge in [-0.1, -0.05) is 40.0 Å². The normalized spacial score (nSPS) is 29.6. The fourth-order valence-electron chi connectivity index (χ4n) is 5.91. The van der Waals surface area contributed by atoms with Crippen molar-refractivity contribution < 1.29 is 24.5 Å². The molecule has 1 aromatic carbocycles. The SMILES string of the molecule is CCCCCCC1(c2cc(O)c([C@@H]3CC(=O)[C@@H]4C[C@H]3C4(C)C)c(O)c2)OCCO1. The van der Waals surface area contributed by atoms with Crippen LogP contribution in [0.3, 0.4) is 0 Å². The van der Waals surface area contributed by atoms with Crippen LogP contribution in [0.15, 0.2) is 12.1 Å². The van der Waals surface area contributed by atoms with Crippen molar-refractivity contribution in [3.8, 4) is 11.5 Å². The quantitative estimate of drug-likeness (QED) is 0.629. The maximum atomic E-state index is 12.5. The number of benzene rings is 1. The first kappa shape index (κ1) is 20.7. The lowest BCUT2D eigenvalue weighted by Gasteiger charge is -2.59. The Kier molecular flexibility index (Phi) is 5.41. The number of Topliss-reactive ketones (excluding diaryl/α,β-unsaturated/α-hetero) is 1. The number of unbranched alkanes of at least 4 members (excludes halogenated alkanes) is 3. The third-order valence-electron chi connectivity index (χ3n) is 7.70. The molecular weight excluding hydrogens is 368 g/mol. The minimum atomic E-state index is -0.898. The molecule has 5 heteroatoms. The van der Waals surface area contributed by atoms with E-state index in [1.165, 1.54) is 6.42 Å². The first-order valence-corrected chi connectivity index (χ1v) is 11.2. The van der Waals surface area contributed by atoms with Crippen molar-refractivity contribution in [2.75, 3.05) is 13.2 Å². The highest BCUT2D eigenvalue weighted by atomic mass is 16.7. The summed E-state index contributed by atoms with van der Waals surface area (Å²) < 4.78 is 12.0. The van der Waals surface area contributed by atoms with Crippen LogP contribution in [-0.4, -0.2) is 29.2 Å². The summed E-state index contributed by atoms with van der Waals surface area (Å²) in [5.41, 5.74) is 1.10. The van der Waals surface area contributed by atoms with E-state index < -0.39 is 5.79 Å². The number of hydrogen-bond donors (Lipinski definition) is 2. The van der Waals surface area contributed by atoms with Crippen molar-refractivity contribution in [1.82, 2.24) is 0 Å². The molecule has 1 aromatic rings. The van der Waals surface area contributed by atoms with Gasteiger partial charge in [0.2, 0.25) is 0 Å². The van der Waals surface area contributed by atoms with Gasteiger partial charge >= 0.3 is 0 Å². The monoisotopic (exact) mass is 402 g/mol. The molecule has 1 heterocycles. The third kappa shape index (κ3) is 3.36. The van der Waals surface area contributed by atoms with Crippen molar-refractivity contribution in [2.24, 2.45) is 17.3 Å². The summed E-state index contributed by atoms with van der Waals surface area (Å²) in [5.74, 6) is -0.266. The molecule has 1 aliphatic heterocycles. The summed E-state index contributed by atoms with van der Waals surface area (Å²) in [6.07, 6.45) is 6.33. The van der Waals surface area contributed by atoms with Crippen LogP contribution in [0.2, 0.25) is 0 Å². The van der Waals surface area contributed by atoms with Crippen LogP contribution < -0.4 is 0 Å². The van der Waals surface area contributed by atoms with Gasteiger partial charge in [0.15, 0.2) is 5.79 Å². The average Bonchev–Trinajstić information content (AvgIpc) is 3.14. The maximum Gasteiger partial charge on any atom is 0.195 e. The van der Waals surface area contributed by atoms with Gasteiger partial charge in [-0.2, -0.15) is 0 Å². The van der Waals surface area contributed by atoms with Gasteiger partial charge in [-0.05, 0) is 36.3 Å². The number of hydrogen-bond acceptors (Lipinski definition) is 5. The zero-order valence-corrected chi connectivity index (χ0v) is 17.9. The van der Waals surface area contributed by atoms with E-state index in [2.05, 4.69) is 20.8 Å². The molecular formula is C24H34O5. The smallest absolute Gasteiger partial charge is 0.195 e. The fraction of sp³-hybridized carbons (Fsp3) is 0.708. The van der Waals surface area contributed by atoms with E-state index in [1.807, 2.05) is 0 Å². The molecule has 4 fully saturated rings. The highest BCUT2D eigenvalue weighted by Crippen LogP contribution is 2.64. The van der Waals surface area contributed by atoms with E-state index in [0.29, 0.717) is 43.1 Å². The Balaban J connectivity index is 1.62. The van der Waals surface area contributed by atoms with Crippen LogP contribution in [0.4, 0.5) is 0 Å². The largest absolute Gasteiger partial charge is 0.508 e. The molecule has 0 radical (unpaired) electrons. The average molecular weight is 403 g/mol. The van der Waals surface area contributed by atoms with Crippen LogP contribution in [-0.2, 0) is 20.1 Å². The molecule has 160 valence electrons. The van der Waals surface area contributed by atoms with Crippen LogP contribution in [0.1, 0.15) is 82.8 Å². The lowest BCUT2D eigenvalue weighted by atomic mass is 9.44. The Labute approximate surface area is 173 Å². The molecule has 0 spiro atoms. The van der Waals surface area contributed by atoms with Crippen molar-refractivity contribution >= 4 is 5.78 Å². The predicted octanol–water partition coefficient (Wildman–Crippen LogP) is 4.99. The van der Waals surface area contributed by atoms with Gasteiger partial charge in [-0.25, -0.2) is 0 Å². The second-order valence-electron chi connectivity index (χ2n) is 9.68. The number of carbonyl (C=O) groups is 1. The first-order valence-electron chi connectivity index (χ1n) is 11.2. The number of fused-ring (bicyclic) bond motifs is 2. The third-order valence-corrected chi connectivity index (χ3v) is 7.70. The number of phenolic OH excluding ortho intramolecular Hbond substituents is 2. The van der Waals surface area contributed by atoms with Gasteiger partial charge in [-0.15, -0.1) is 0 Å². The zero-order valence-electron chi connectivity index (χ0n) is 17.9. The van der Waals surface area contributed by atoms with E-state index in [-0.39, 0.29) is 34.5 Å². The summed E-state index contributed by atoms with van der Waals surface area (Å²) in [7, 11) is 0. The highest BCUT2D eigenvalue weighted by Gasteiger charge is 2.59. The van der Waals surface area contributed by atoms with E-state index in [0.717, 1.165) is 25.7 Å². The van der Waals surface area contributed by atoms with Crippen LogP contribution >= 0.6 is 0 Å². The standard InChI is InChI=1S/C24H34O5/c1-4-5-6-7-8-24(28-9-10-29-24)15-11-20(26)22(21(27)12-15)16-13-19(25)18-14-17(16)23(18,2)3/h11-12,16-18,26-27H,4-10,13-14H2,1-3H3/t16-,17-,18+/m1/s1. The van der Waals surface area contributed by atoms with Gasteiger partial charge in [-0.3, -0.25) is 4.79 Å². The zero-order chi connectivity index (χ0) is 20.8. The summed E-state index contributed by atoms with van der Waals surface area (Å²) in [5, 5.41) is 21.8. The van der Waals surface area contributed by atoms with Gasteiger partial charge in [0.05, 0.1) is 13.2 Å². The molecule has 1 saturated heterocycles. The molecule has 2 N–H and O–H groups in total. The summed E-state index contributed by atoms with van der Waals surface area (Å²) >= 11 is 0. The van der Waals surface area contributed by atoms with E-state index >= 15 is 0 Å². The molecule has 0 amide bonds. The summed E-state index contributed by atoms with van der Waals surface area (Å²) in [6, 6.07) is 3.37. The first-order chi connectivity index (χ1) is 13.8. The molecule has 0 aromatic heterocycles. The van der Waals surface area contributed by atoms with Crippen molar-refractivity contribution in [1.29, 1.82) is 0 Å². The van der Waals surface area contributed by atoms with E-state index in [9.17, 15) is 15.0 Å². The van der Waals surface area contributed by atoms with Crippen LogP contribution in [0, 0.1) is 17.3 Å². The fourth-order valence-corrected chi connectivity index (χ4v) is 5.91. The lowest BCUT2D eigenvalue weighted by molar-refractivity contribution is -0.172. The molecule has 0 unspecified atom stereocenters. The van der Waals surface area contributed by atoms with Gasteiger partial charge in [0.25, 0.3) is 0 Å². The Morgan fingerprint density at radius 3 is 2.28 bits per heavy atom. The minimum absolute atomic E-state index is 0.0472. The second-order valence-corrected chi connectivity index (χ2v) is 9.68. The number of carbonyl (C=O) groups excluding carboxylic acids is 1. The molecule has 5 rings (SSSR count). The Hall–Kier alpha value is -1.59. The number of ketones is 1. The predicted molar refractivity (Wildman–Crippen MR) is 110 cm³/mol. The molecule has 2 bridgehead atoms. The maximum absolute atomic E-state index is 12.5. The molecule has 5 nitrogen and oxygen atoms in total.